The lowest BCUT2D eigenvalue weighted by Gasteiger charge is -2.26. The Bertz CT molecular complexity index is 3600. The zero-order valence-electron chi connectivity index (χ0n) is 31.5. The van der Waals surface area contributed by atoms with Crippen molar-refractivity contribution in [3.63, 3.8) is 0 Å². The number of nitrogens with zero attached hydrogens (tertiary/aromatic N) is 3. The molecule has 12 aromatic rings. The predicted octanol–water partition coefficient (Wildman–Crippen LogP) is 14.5. The Balaban J connectivity index is 0.942. The van der Waals surface area contributed by atoms with Gasteiger partial charge in [0.25, 0.3) is 0 Å². The number of benzene rings is 8. The summed E-state index contributed by atoms with van der Waals surface area (Å²) in [4.78, 5) is 2.38. The van der Waals surface area contributed by atoms with Crippen LogP contribution < -0.4 is 4.90 Å². The summed E-state index contributed by atoms with van der Waals surface area (Å²) in [7, 11) is 0. The smallest absolute Gasteiger partial charge is 0.137 e. The Kier molecular flexibility index (Phi) is 6.53. The van der Waals surface area contributed by atoms with E-state index in [0.717, 1.165) is 45.4 Å². The summed E-state index contributed by atoms with van der Waals surface area (Å²) in [5.41, 5.74) is 15.2. The van der Waals surface area contributed by atoms with Gasteiger partial charge < -0.3 is 18.3 Å². The highest BCUT2D eigenvalue weighted by Gasteiger charge is 2.25. The molecule has 0 fully saturated rings. The highest BCUT2D eigenvalue weighted by Crippen LogP contribution is 2.45. The zero-order chi connectivity index (χ0) is 37.9. The summed E-state index contributed by atoms with van der Waals surface area (Å²) in [6.45, 7) is 0. The Morgan fingerprint density at radius 3 is 1.97 bits per heavy atom. The molecule has 1 aliphatic carbocycles. The molecule has 58 heavy (non-hydrogen) atoms. The summed E-state index contributed by atoms with van der Waals surface area (Å²) >= 11 is 0. The second-order valence-electron chi connectivity index (χ2n) is 15.7. The van der Waals surface area contributed by atoms with Crippen LogP contribution in [0.15, 0.2) is 192 Å². The standard InChI is InChI=1S/C54H35N3O/c1-2-11-36(12-3-1)56-48-18-7-5-14-41(48)46-31-35(23-29-50(46)56)34-21-24-37(25-22-34)55(39-26-28-43-42-15-6-9-20-52(42)58-53(43)33-39)38-27-30-51-47(32-38)45-17-10-16-44-40-13-4-8-19-49(40)57(51)54(44)45/h1-30,32-33,35H,31H2. The maximum absolute atomic E-state index is 6.45. The van der Waals surface area contributed by atoms with Gasteiger partial charge in [0.1, 0.15) is 11.2 Å². The summed E-state index contributed by atoms with van der Waals surface area (Å²) in [6, 6.07) is 66.1. The molecular weight excluding hydrogens is 707 g/mol. The molecule has 0 bridgehead atoms. The van der Waals surface area contributed by atoms with E-state index in [9.17, 15) is 0 Å². The van der Waals surface area contributed by atoms with Crippen molar-refractivity contribution in [2.75, 3.05) is 4.90 Å². The number of hydrogen-bond donors (Lipinski definition) is 0. The molecule has 0 aliphatic heterocycles. The summed E-state index contributed by atoms with van der Waals surface area (Å²) in [5.74, 6) is 0.266. The Morgan fingerprint density at radius 1 is 0.466 bits per heavy atom. The normalized spacial score (nSPS) is 14.2. The minimum Gasteiger partial charge on any atom is -0.456 e. The monoisotopic (exact) mass is 741 g/mol. The summed E-state index contributed by atoms with van der Waals surface area (Å²) in [6.07, 6.45) is 5.68. The van der Waals surface area contributed by atoms with Crippen LogP contribution in [0.25, 0.3) is 82.7 Å². The molecule has 0 radical (unpaired) electrons. The summed E-state index contributed by atoms with van der Waals surface area (Å²) < 4.78 is 11.3. The number of rotatable bonds is 5. The third-order valence-electron chi connectivity index (χ3n) is 12.6. The molecule has 4 heteroatoms. The van der Waals surface area contributed by atoms with Crippen molar-refractivity contribution in [2.24, 2.45) is 0 Å². The minimum absolute atomic E-state index is 0.266. The van der Waals surface area contributed by atoms with Gasteiger partial charge in [0.05, 0.1) is 22.1 Å². The molecule has 13 rings (SSSR count). The van der Waals surface area contributed by atoms with E-state index in [0.29, 0.717) is 0 Å². The molecule has 0 saturated carbocycles. The number of anilines is 3. The fourth-order valence-electron chi connectivity index (χ4n) is 10.0. The van der Waals surface area contributed by atoms with Crippen molar-refractivity contribution in [1.82, 2.24) is 8.97 Å². The number of para-hydroxylation sites is 5. The van der Waals surface area contributed by atoms with E-state index in [1.807, 2.05) is 12.1 Å². The molecule has 0 N–H and O–H groups in total. The van der Waals surface area contributed by atoms with Crippen LogP contribution in [0, 0.1) is 0 Å². The highest BCUT2D eigenvalue weighted by atomic mass is 16.3. The molecule has 1 aliphatic rings. The van der Waals surface area contributed by atoms with Gasteiger partial charge in [0, 0.05) is 78.1 Å². The van der Waals surface area contributed by atoms with Gasteiger partial charge in [-0.1, -0.05) is 109 Å². The number of fused-ring (bicyclic) bond motifs is 12. The van der Waals surface area contributed by atoms with E-state index >= 15 is 0 Å². The zero-order valence-corrected chi connectivity index (χ0v) is 31.5. The third kappa shape index (κ3) is 4.45. The first kappa shape index (κ1) is 31.6. The quantitative estimate of drug-likeness (QED) is 0.176. The molecule has 1 atom stereocenters. The maximum atomic E-state index is 6.45. The number of furan rings is 1. The first-order valence-electron chi connectivity index (χ1n) is 20.1. The van der Waals surface area contributed by atoms with E-state index in [4.69, 9.17) is 4.42 Å². The van der Waals surface area contributed by atoms with Crippen molar-refractivity contribution in [1.29, 1.82) is 0 Å². The molecule has 0 spiro atoms. The van der Waals surface area contributed by atoms with Gasteiger partial charge in [0.15, 0.2) is 0 Å². The molecule has 0 saturated heterocycles. The van der Waals surface area contributed by atoms with Crippen LogP contribution in [-0.2, 0) is 6.42 Å². The van der Waals surface area contributed by atoms with Crippen LogP contribution in [-0.4, -0.2) is 8.97 Å². The Hall–Kier alpha value is -7.56. The molecule has 0 amide bonds. The molecule has 1 unspecified atom stereocenters. The average Bonchev–Trinajstić information content (AvgIpc) is 4.02. The number of aromatic nitrogens is 2. The summed E-state index contributed by atoms with van der Waals surface area (Å²) in [5, 5.41) is 8.68. The van der Waals surface area contributed by atoms with Gasteiger partial charge in [-0.05, 0) is 96.4 Å². The number of allylic oxidation sites excluding steroid dienone is 1. The van der Waals surface area contributed by atoms with Gasteiger partial charge in [-0.2, -0.15) is 0 Å². The second kappa shape index (κ2) is 12.0. The number of hydrogen-bond acceptors (Lipinski definition) is 2. The molecule has 4 heterocycles. The van der Waals surface area contributed by atoms with Crippen molar-refractivity contribution in [3.8, 4) is 5.69 Å². The van der Waals surface area contributed by atoms with Crippen LogP contribution in [0.5, 0.6) is 0 Å². The van der Waals surface area contributed by atoms with E-state index in [-0.39, 0.29) is 5.92 Å². The molecular formula is C54H35N3O. The lowest BCUT2D eigenvalue weighted by Crippen LogP contribution is -2.11. The lowest BCUT2D eigenvalue weighted by molar-refractivity contribution is 0.669. The van der Waals surface area contributed by atoms with Crippen molar-refractivity contribution < 1.29 is 4.42 Å². The molecule has 272 valence electrons. The van der Waals surface area contributed by atoms with Gasteiger partial charge >= 0.3 is 0 Å². The fraction of sp³-hybridized carbons (Fsp3) is 0.0370. The van der Waals surface area contributed by atoms with Gasteiger partial charge in [-0.25, -0.2) is 0 Å². The molecule has 4 nitrogen and oxygen atoms in total. The van der Waals surface area contributed by atoms with Gasteiger partial charge in [0.2, 0.25) is 0 Å². The maximum Gasteiger partial charge on any atom is 0.137 e. The molecule has 4 aromatic heterocycles. The topological polar surface area (TPSA) is 25.7 Å². The van der Waals surface area contributed by atoms with Crippen LogP contribution in [0.2, 0.25) is 0 Å². The predicted molar refractivity (Wildman–Crippen MR) is 242 cm³/mol. The van der Waals surface area contributed by atoms with E-state index in [1.165, 1.54) is 71.5 Å². The lowest BCUT2D eigenvalue weighted by atomic mass is 9.86. The third-order valence-corrected chi connectivity index (χ3v) is 12.6. The Labute approximate surface area is 334 Å². The van der Waals surface area contributed by atoms with Crippen LogP contribution in [0.4, 0.5) is 17.1 Å². The first-order chi connectivity index (χ1) is 28.8. The van der Waals surface area contributed by atoms with E-state index in [1.54, 1.807) is 0 Å². The first-order valence-corrected chi connectivity index (χ1v) is 20.1. The van der Waals surface area contributed by atoms with Crippen LogP contribution in [0.1, 0.15) is 22.7 Å². The average molecular weight is 742 g/mol. The highest BCUT2D eigenvalue weighted by molar-refractivity contribution is 6.23. The van der Waals surface area contributed by atoms with E-state index in [2.05, 4.69) is 196 Å². The SMILES string of the molecule is C1=CC(c2ccc(N(c3ccc4c(c3)oc3ccccc34)c3ccc4c(c3)c3cccc5c6ccccc6n4c53)cc2)Cc2c1n(-c1ccccc1)c1ccccc21. The fourth-order valence-corrected chi connectivity index (χ4v) is 10.0. The van der Waals surface area contributed by atoms with Crippen molar-refractivity contribution in [3.05, 3.63) is 205 Å². The largest absolute Gasteiger partial charge is 0.456 e. The molecule has 8 aromatic carbocycles. The Morgan fingerprint density at radius 2 is 1.10 bits per heavy atom. The van der Waals surface area contributed by atoms with Crippen LogP contribution in [0.3, 0.4) is 0 Å². The van der Waals surface area contributed by atoms with Crippen molar-refractivity contribution >= 4 is 94.1 Å². The van der Waals surface area contributed by atoms with Crippen molar-refractivity contribution in [2.45, 2.75) is 12.3 Å². The van der Waals surface area contributed by atoms with Gasteiger partial charge in [-0.15, -0.1) is 0 Å². The second-order valence-corrected chi connectivity index (χ2v) is 15.7. The van der Waals surface area contributed by atoms with Crippen LogP contribution >= 0.6 is 0 Å². The van der Waals surface area contributed by atoms with Gasteiger partial charge in [-0.3, -0.25) is 0 Å². The minimum atomic E-state index is 0.266. The van der Waals surface area contributed by atoms with E-state index < -0.39 is 0 Å².